The largest absolute Gasteiger partial charge is 0.365 e. The van der Waals surface area contributed by atoms with Crippen LogP contribution in [0.5, 0.6) is 0 Å². The molecule has 1 aliphatic rings. The van der Waals surface area contributed by atoms with Crippen LogP contribution in [0.2, 0.25) is 0 Å². The maximum absolute atomic E-state index is 12.8. The number of rotatable bonds is 7. The molecule has 8 heteroatoms. The van der Waals surface area contributed by atoms with Gasteiger partial charge in [0.1, 0.15) is 5.01 Å². The normalized spacial score (nSPS) is 15.9. The highest BCUT2D eigenvalue weighted by Gasteiger charge is 2.26. The van der Waals surface area contributed by atoms with Gasteiger partial charge in [0, 0.05) is 49.9 Å². The SMILES string of the molecule is Cc1ccc(NC(=O)c2nnc(CCCC(=O)N3CCN(c4cccc(C)c4)C(C)C3)s2)cc1. The van der Waals surface area contributed by atoms with Crippen molar-refractivity contribution in [1.29, 1.82) is 0 Å². The molecule has 34 heavy (non-hydrogen) atoms. The van der Waals surface area contributed by atoms with Gasteiger partial charge in [0.25, 0.3) is 5.91 Å². The van der Waals surface area contributed by atoms with Gasteiger partial charge >= 0.3 is 0 Å². The molecule has 4 rings (SSSR count). The zero-order valence-electron chi connectivity index (χ0n) is 20.0. The van der Waals surface area contributed by atoms with E-state index in [1.807, 2.05) is 36.1 Å². The number of piperazine rings is 1. The Labute approximate surface area is 204 Å². The Morgan fingerprint density at radius 1 is 1.06 bits per heavy atom. The minimum Gasteiger partial charge on any atom is -0.365 e. The molecule has 0 saturated carbocycles. The maximum atomic E-state index is 12.8. The molecule has 2 aromatic carbocycles. The van der Waals surface area contributed by atoms with Crippen molar-refractivity contribution in [3.63, 3.8) is 0 Å². The maximum Gasteiger partial charge on any atom is 0.286 e. The zero-order valence-corrected chi connectivity index (χ0v) is 20.8. The van der Waals surface area contributed by atoms with Gasteiger partial charge in [-0.1, -0.05) is 41.2 Å². The Bertz CT molecular complexity index is 1140. The molecule has 0 aliphatic carbocycles. The quantitative estimate of drug-likeness (QED) is 0.543. The molecule has 1 aliphatic heterocycles. The van der Waals surface area contributed by atoms with Crippen LogP contribution in [-0.2, 0) is 11.2 Å². The fourth-order valence-electron chi connectivity index (χ4n) is 4.19. The summed E-state index contributed by atoms with van der Waals surface area (Å²) in [5.41, 5.74) is 4.33. The second kappa shape index (κ2) is 10.8. The van der Waals surface area contributed by atoms with Crippen molar-refractivity contribution in [2.24, 2.45) is 0 Å². The number of nitrogens with one attached hydrogen (secondary N) is 1. The third-order valence-electron chi connectivity index (χ3n) is 6.07. The molecule has 7 nitrogen and oxygen atoms in total. The van der Waals surface area contributed by atoms with E-state index in [2.05, 4.69) is 58.5 Å². The van der Waals surface area contributed by atoms with Crippen LogP contribution < -0.4 is 10.2 Å². The Morgan fingerprint density at radius 2 is 1.85 bits per heavy atom. The summed E-state index contributed by atoms with van der Waals surface area (Å²) in [7, 11) is 0. The van der Waals surface area contributed by atoms with Gasteiger partial charge in [-0.3, -0.25) is 9.59 Å². The zero-order chi connectivity index (χ0) is 24.1. The van der Waals surface area contributed by atoms with E-state index in [0.29, 0.717) is 24.3 Å². The summed E-state index contributed by atoms with van der Waals surface area (Å²) in [6, 6.07) is 16.4. The molecule has 1 N–H and O–H groups in total. The second-order valence-electron chi connectivity index (χ2n) is 8.90. The fourth-order valence-corrected chi connectivity index (χ4v) is 4.97. The number of anilines is 2. The van der Waals surface area contributed by atoms with E-state index < -0.39 is 0 Å². The molecule has 0 radical (unpaired) electrons. The van der Waals surface area contributed by atoms with Crippen molar-refractivity contribution < 1.29 is 9.59 Å². The molecule has 2 heterocycles. The summed E-state index contributed by atoms with van der Waals surface area (Å²) in [5.74, 6) is -0.0817. The summed E-state index contributed by atoms with van der Waals surface area (Å²) in [5, 5.41) is 12.1. The predicted molar refractivity (Wildman–Crippen MR) is 137 cm³/mol. The summed E-state index contributed by atoms with van der Waals surface area (Å²) >= 11 is 1.28. The van der Waals surface area contributed by atoms with Crippen LogP contribution in [0.25, 0.3) is 0 Å². The second-order valence-corrected chi connectivity index (χ2v) is 9.96. The van der Waals surface area contributed by atoms with E-state index in [1.165, 1.54) is 22.6 Å². The molecule has 1 fully saturated rings. The highest BCUT2D eigenvalue weighted by molar-refractivity contribution is 7.13. The summed E-state index contributed by atoms with van der Waals surface area (Å²) in [6.45, 7) is 8.58. The highest BCUT2D eigenvalue weighted by atomic mass is 32.1. The van der Waals surface area contributed by atoms with Gasteiger partial charge in [-0.15, -0.1) is 10.2 Å². The molecular formula is C26H31N5O2S. The average Bonchev–Trinajstić information content (AvgIpc) is 3.29. The van der Waals surface area contributed by atoms with E-state index in [-0.39, 0.29) is 17.9 Å². The molecule has 1 unspecified atom stereocenters. The molecule has 1 atom stereocenters. The van der Waals surface area contributed by atoms with Gasteiger partial charge in [-0.25, -0.2) is 0 Å². The topological polar surface area (TPSA) is 78.4 Å². The van der Waals surface area contributed by atoms with E-state index in [0.717, 1.165) is 35.9 Å². The van der Waals surface area contributed by atoms with Gasteiger partial charge in [-0.2, -0.15) is 0 Å². The van der Waals surface area contributed by atoms with Crippen molar-refractivity contribution in [2.75, 3.05) is 29.9 Å². The van der Waals surface area contributed by atoms with Crippen molar-refractivity contribution in [2.45, 2.75) is 46.1 Å². The number of hydrogen-bond acceptors (Lipinski definition) is 6. The van der Waals surface area contributed by atoms with E-state index in [9.17, 15) is 9.59 Å². The lowest BCUT2D eigenvalue weighted by Gasteiger charge is -2.41. The van der Waals surface area contributed by atoms with Crippen LogP contribution in [0.3, 0.4) is 0 Å². The minimum absolute atomic E-state index is 0.178. The Balaban J connectivity index is 1.22. The van der Waals surface area contributed by atoms with Gasteiger partial charge in [0.05, 0.1) is 0 Å². The lowest BCUT2D eigenvalue weighted by atomic mass is 10.1. The minimum atomic E-state index is -0.260. The molecule has 3 aromatic rings. The van der Waals surface area contributed by atoms with Gasteiger partial charge in [0.15, 0.2) is 0 Å². The molecule has 2 amide bonds. The monoisotopic (exact) mass is 477 g/mol. The fraction of sp³-hybridized carbons (Fsp3) is 0.385. The number of hydrogen-bond donors (Lipinski definition) is 1. The van der Waals surface area contributed by atoms with Crippen LogP contribution in [0.4, 0.5) is 11.4 Å². The molecule has 178 valence electrons. The van der Waals surface area contributed by atoms with Crippen LogP contribution >= 0.6 is 11.3 Å². The van der Waals surface area contributed by atoms with Crippen LogP contribution in [-0.4, -0.2) is 52.6 Å². The first-order valence-electron chi connectivity index (χ1n) is 11.7. The lowest BCUT2D eigenvalue weighted by Crippen LogP contribution is -2.53. The number of carbonyl (C=O) groups is 2. The van der Waals surface area contributed by atoms with E-state index in [4.69, 9.17) is 0 Å². The molecule has 0 bridgehead atoms. The third kappa shape index (κ3) is 5.99. The molecular weight excluding hydrogens is 446 g/mol. The van der Waals surface area contributed by atoms with Crippen LogP contribution in [0.1, 0.15) is 45.7 Å². The number of aryl methyl sites for hydroxylation is 3. The van der Waals surface area contributed by atoms with Crippen molar-refractivity contribution in [1.82, 2.24) is 15.1 Å². The average molecular weight is 478 g/mol. The predicted octanol–water partition coefficient (Wildman–Crippen LogP) is 4.47. The van der Waals surface area contributed by atoms with Crippen molar-refractivity contribution >= 4 is 34.5 Å². The first-order valence-corrected chi connectivity index (χ1v) is 12.5. The van der Waals surface area contributed by atoms with Crippen LogP contribution in [0, 0.1) is 13.8 Å². The standard InChI is InChI=1S/C26H31N5O2S/c1-18-10-12-21(13-11-18)27-25(33)26-29-28-23(34-26)8-5-9-24(32)30-14-15-31(20(3)17-30)22-7-4-6-19(2)16-22/h4,6-7,10-13,16,20H,5,8-9,14-15,17H2,1-3H3,(H,27,33). The first-order chi connectivity index (χ1) is 16.4. The Hall–Kier alpha value is -3.26. The molecule has 1 aromatic heterocycles. The van der Waals surface area contributed by atoms with E-state index in [1.54, 1.807) is 0 Å². The first kappa shape index (κ1) is 23.9. The highest BCUT2D eigenvalue weighted by Crippen LogP contribution is 2.22. The molecule has 0 spiro atoms. The van der Waals surface area contributed by atoms with Gasteiger partial charge in [0.2, 0.25) is 10.9 Å². The Kier molecular flexibility index (Phi) is 7.57. The summed E-state index contributed by atoms with van der Waals surface area (Å²) in [6.07, 6.45) is 1.81. The Morgan fingerprint density at radius 3 is 2.59 bits per heavy atom. The number of benzene rings is 2. The number of nitrogens with zero attached hydrogens (tertiary/aromatic N) is 4. The van der Waals surface area contributed by atoms with Crippen molar-refractivity contribution in [3.05, 3.63) is 69.7 Å². The summed E-state index contributed by atoms with van der Waals surface area (Å²) in [4.78, 5) is 29.5. The third-order valence-corrected chi connectivity index (χ3v) is 7.05. The lowest BCUT2D eigenvalue weighted by molar-refractivity contribution is -0.132. The van der Waals surface area contributed by atoms with Crippen molar-refractivity contribution in [3.8, 4) is 0 Å². The van der Waals surface area contributed by atoms with Gasteiger partial charge < -0.3 is 15.1 Å². The van der Waals surface area contributed by atoms with Gasteiger partial charge in [-0.05, 0) is 57.0 Å². The number of aromatic nitrogens is 2. The number of amides is 2. The van der Waals surface area contributed by atoms with E-state index >= 15 is 0 Å². The summed E-state index contributed by atoms with van der Waals surface area (Å²) < 4.78 is 0. The smallest absolute Gasteiger partial charge is 0.286 e. The number of carbonyl (C=O) groups excluding carboxylic acids is 2. The van der Waals surface area contributed by atoms with Crippen LogP contribution in [0.15, 0.2) is 48.5 Å². The molecule has 1 saturated heterocycles.